The molecule has 2 heterocycles. The van der Waals surface area contributed by atoms with E-state index in [0.29, 0.717) is 5.82 Å². The predicted molar refractivity (Wildman–Crippen MR) is 231 cm³/mol. The molecule has 0 fully saturated rings. The van der Waals surface area contributed by atoms with Gasteiger partial charge in [-0.25, -0.2) is 9.97 Å². The van der Waals surface area contributed by atoms with Crippen molar-refractivity contribution >= 4 is 54.1 Å². The molecule has 0 atom stereocenters. The third-order valence-electron chi connectivity index (χ3n) is 11.0. The van der Waals surface area contributed by atoms with E-state index in [0.717, 1.165) is 44.9 Å². The molecule has 0 unspecified atom stereocenters. The van der Waals surface area contributed by atoms with E-state index in [4.69, 9.17) is 9.97 Å². The molecule has 3 nitrogen and oxygen atoms in total. The van der Waals surface area contributed by atoms with Crippen LogP contribution in [0.5, 0.6) is 0 Å². The van der Waals surface area contributed by atoms with Crippen molar-refractivity contribution in [1.82, 2.24) is 14.5 Å². The molecular weight excluding hydrogens is 667 g/mol. The van der Waals surface area contributed by atoms with E-state index in [1.165, 1.54) is 54.1 Å². The van der Waals surface area contributed by atoms with Crippen LogP contribution in [-0.4, -0.2) is 14.5 Å². The van der Waals surface area contributed by atoms with Crippen LogP contribution in [0.25, 0.3) is 105 Å². The maximum Gasteiger partial charge on any atom is 0.160 e. The van der Waals surface area contributed by atoms with Gasteiger partial charge in [-0.1, -0.05) is 158 Å². The summed E-state index contributed by atoms with van der Waals surface area (Å²) in [6, 6.07) is 71.5. The van der Waals surface area contributed by atoms with Crippen LogP contribution in [0.15, 0.2) is 200 Å². The van der Waals surface area contributed by atoms with Crippen LogP contribution in [0, 0.1) is 0 Å². The monoisotopic (exact) mass is 699 g/mol. The molecular formula is C52H33N3. The lowest BCUT2D eigenvalue weighted by atomic mass is 9.90. The van der Waals surface area contributed by atoms with E-state index in [9.17, 15) is 0 Å². The first-order chi connectivity index (χ1) is 27.3. The second-order valence-corrected chi connectivity index (χ2v) is 14.2. The molecule has 11 rings (SSSR count). The minimum Gasteiger partial charge on any atom is -0.309 e. The summed E-state index contributed by atoms with van der Waals surface area (Å²) in [6.07, 6.45) is 0. The fraction of sp³-hybridized carbons (Fsp3) is 0. The van der Waals surface area contributed by atoms with Crippen molar-refractivity contribution in [2.24, 2.45) is 0 Å². The van der Waals surface area contributed by atoms with Crippen LogP contribution in [-0.2, 0) is 0 Å². The Morgan fingerprint density at radius 2 is 0.964 bits per heavy atom. The molecule has 0 amide bonds. The highest BCUT2D eigenvalue weighted by Crippen LogP contribution is 2.43. The van der Waals surface area contributed by atoms with Crippen LogP contribution >= 0.6 is 0 Å². The van der Waals surface area contributed by atoms with Crippen molar-refractivity contribution in [3.05, 3.63) is 200 Å². The van der Waals surface area contributed by atoms with Crippen molar-refractivity contribution in [2.45, 2.75) is 0 Å². The van der Waals surface area contributed by atoms with Gasteiger partial charge in [-0.05, 0) is 85.9 Å². The van der Waals surface area contributed by atoms with Gasteiger partial charge in [0.05, 0.1) is 22.4 Å². The molecule has 0 N–H and O–H groups in total. The average Bonchev–Trinajstić information content (AvgIpc) is 3.59. The molecule has 3 heteroatoms. The number of rotatable bonds is 5. The van der Waals surface area contributed by atoms with Crippen LogP contribution in [0.3, 0.4) is 0 Å². The third-order valence-corrected chi connectivity index (χ3v) is 11.0. The Kier molecular flexibility index (Phi) is 7.17. The van der Waals surface area contributed by atoms with Crippen molar-refractivity contribution in [3.8, 4) is 50.7 Å². The van der Waals surface area contributed by atoms with E-state index < -0.39 is 0 Å². The van der Waals surface area contributed by atoms with Crippen molar-refractivity contribution < 1.29 is 0 Å². The number of nitrogens with zero attached hydrogens (tertiary/aromatic N) is 3. The number of hydrogen-bond acceptors (Lipinski definition) is 2. The quantitative estimate of drug-likeness (QED) is 0.132. The van der Waals surface area contributed by atoms with E-state index in [1.54, 1.807) is 0 Å². The van der Waals surface area contributed by atoms with Gasteiger partial charge in [-0.3, -0.25) is 0 Å². The summed E-state index contributed by atoms with van der Waals surface area (Å²) in [7, 11) is 0. The third kappa shape index (κ3) is 5.13. The largest absolute Gasteiger partial charge is 0.309 e. The molecule has 2 aromatic heterocycles. The van der Waals surface area contributed by atoms with E-state index in [-0.39, 0.29) is 0 Å². The molecule has 0 spiro atoms. The number of para-hydroxylation sites is 2. The lowest BCUT2D eigenvalue weighted by Crippen LogP contribution is -1.98. The first kappa shape index (κ1) is 31.2. The van der Waals surface area contributed by atoms with E-state index in [1.807, 2.05) is 6.07 Å². The maximum atomic E-state index is 5.40. The molecule has 55 heavy (non-hydrogen) atoms. The molecule has 9 aromatic carbocycles. The summed E-state index contributed by atoms with van der Waals surface area (Å²) >= 11 is 0. The van der Waals surface area contributed by atoms with Crippen molar-refractivity contribution in [3.63, 3.8) is 0 Å². The van der Waals surface area contributed by atoms with Crippen LogP contribution in [0.1, 0.15) is 0 Å². The smallest absolute Gasteiger partial charge is 0.160 e. The van der Waals surface area contributed by atoms with E-state index in [2.05, 4.69) is 199 Å². The summed E-state index contributed by atoms with van der Waals surface area (Å²) in [5.41, 5.74) is 10.7. The van der Waals surface area contributed by atoms with Gasteiger partial charge < -0.3 is 4.57 Å². The Bertz CT molecular complexity index is 3250. The summed E-state index contributed by atoms with van der Waals surface area (Å²) < 4.78 is 2.36. The minimum absolute atomic E-state index is 0.700. The van der Waals surface area contributed by atoms with E-state index >= 15 is 0 Å². The Labute approximate surface area is 318 Å². The molecule has 0 bridgehead atoms. The normalized spacial score (nSPS) is 11.6. The molecule has 0 saturated heterocycles. The molecule has 256 valence electrons. The lowest BCUT2D eigenvalue weighted by molar-refractivity contribution is 1.18. The van der Waals surface area contributed by atoms with Crippen molar-refractivity contribution in [1.29, 1.82) is 0 Å². The highest BCUT2D eigenvalue weighted by Gasteiger charge is 2.20. The minimum atomic E-state index is 0.700. The number of fused-ring (bicyclic) bond motifs is 7. The molecule has 0 aliphatic rings. The predicted octanol–water partition coefficient (Wildman–Crippen LogP) is 13.7. The highest BCUT2D eigenvalue weighted by atomic mass is 15.0. The maximum absolute atomic E-state index is 5.40. The van der Waals surface area contributed by atoms with Gasteiger partial charge in [-0.15, -0.1) is 0 Å². The fourth-order valence-electron chi connectivity index (χ4n) is 8.49. The number of benzene rings is 9. The molecule has 0 aliphatic heterocycles. The van der Waals surface area contributed by atoms with Crippen molar-refractivity contribution in [2.75, 3.05) is 0 Å². The molecule has 11 aromatic rings. The van der Waals surface area contributed by atoms with Gasteiger partial charge in [0.25, 0.3) is 0 Å². The van der Waals surface area contributed by atoms with Gasteiger partial charge >= 0.3 is 0 Å². The zero-order valence-electron chi connectivity index (χ0n) is 29.9. The highest BCUT2D eigenvalue weighted by molar-refractivity contribution is 6.21. The van der Waals surface area contributed by atoms with Crippen LogP contribution in [0.2, 0.25) is 0 Å². The zero-order chi connectivity index (χ0) is 36.3. The van der Waals surface area contributed by atoms with Gasteiger partial charge in [0, 0.05) is 33.2 Å². The SMILES string of the molecule is c1ccc(-c2nc(-c3ccccc3-c3ccc4c(c3)c3ccccc3n4-c3ccccc3)cc(-c3c4ccccc4cc4ccc5ccccc5c34)n2)cc1. The Hall–Kier alpha value is -7.36. The van der Waals surface area contributed by atoms with Crippen LogP contribution < -0.4 is 0 Å². The zero-order valence-corrected chi connectivity index (χ0v) is 29.9. The molecule has 0 aliphatic carbocycles. The summed E-state index contributed by atoms with van der Waals surface area (Å²) in [4.78, 5) is 10.8. The summed E-state index contributed by atoms with van der Waals surface area (Å²) in [6.45, 7) is 0. The molecule has 0 radical (unpaired) electrons. The van der Waals surface area contributed by atoms with Gasteiger partial charge in [0.1, 0.15) is 0 Å². The first-order valence-electron chi connectivity index (χ1n) is 18.7. The van der Waals surface area contributed by atoms with Gasteiger partial charge in [-0.2, -0.15) is 0 Å². The standard InChI is InChI=1S/C52H33N3/c1-3-16-35(17-4-1)52-53-46(33-47(54-52)51-42-23-10-8-18-36(42)31-38-28-27-34-15-7-9-22-41(34)50(38)51)43-24-12-11-21-40(43)37-29-30-49-45(32-37)44-25-13-14-26-48(44)55(49)39-19-5-2-6-20-39/h1-33H. The second kappa shape index (κ2) is 12.6. The summed E-state index contributed by atoms with van der Waals surface area (Å²) in [5.74, 6) is 0.700. The average molecular weight is 700 g/mol. The Balaban J connectivity index is 1.18. The van der Waals surface area contributed by atoms with Crippen LogP contribution in [0.4, 0.5) is 0 Å². The topological polar surface area (TPSA) is 30.7 Å². The van der Waals surface area contributed by atoms with Gasteiger partial charge in [0.15, 0.2) is 5.82 Å². The fourth-order valence-corrected chi connectivity index (χ4v) is 8.49. The molecule has 0 saturated carbocycles. The number of hydrogen-bond donors (Lipinski definition) is 0. The first-order valence-corrected chi connectivity index (χ1v) is 18.7. The Morgan fingerprint density at radius 3 is 1.80 bits per heavy atom. The second-order valence-electron chi connectivity index (χ2n) is 14.2. The summed E-state index contributed by atoms with van der Waals surface area (Å²) in [5, 5.41) is 9.62. The number of aromatic nitrogens is 3. The Morgan fingerprint density at radius 1 is 0.345 bits per heavy atom. The van der Waals surface area contributed by atoms with Gasteiger partial charge in [0.2, 0.25) is 0 Å². The lowest BCUT2D eigenvalue weighted by Gasteiger charge is -2.17.